The number of nitrogens with one attached hydrogen (secondary N) is 1. The molecule has 3 N–H and O–H groups in total. The quantitative estimate of drug-likeness (QED) is 0.787. The molecule has 4 rings (SSSR count). The van der Waals surface area contributed by atoms with Crippen LogP contribution in [-0.2, 0) is 16.1 Å². The van der Waals surface area contributed by atoms with E-state index in [9.17, 15) is 4.79 Å². The Morgan fingerprint density at radius 3 is 2.71 bits per heavy atom. The summed E-state index contributed by atoms with van der Waals surface area (Å²) in [5, 5.41) is 3.17. The molecule has 1 aromatic carbocycles. The van der Waals surface area contributed by atoms with Gasteiger partial charge in [-0.15, -0.1) is 0 Å². The van der Waals surface area contributed by atoms with Crippen LogP contribution in [0.15, 0.2) is 18.2 Å². The number of nitrogens with two attached hydrogens (primary N) is 1. The van der Waals surface area contributed by atoms with Gasteiger partial charge in [0, 0.05) is 30.7 Å². The molecule has 2 saturated carbocycles. The molecule has 0 radical (unpaired) electrons. The van der Waals surface area contributed by atoms with Crippen molar-refractivity contribution in [1.29, 1.82) is 0 Å². The number of amides is 1. The van der Waals surface area contributed by atoms with Gasteiger partial charge in [-0.3, -0.25) is 4.79 Å². The van der Waals surface area contributed by atoms with E-state index in [0.717, 1.165) is 49.2 Å². The van der Waals surface area contributed by atoms with Crippen molar-refractivity contribution in [3.63, 3.8) is 0 Å². The molecular weight excluding hydrogens is 352 g/mol. The highest BCUT2D eigenvalue weighted by atomic mass is 16.5. The second-order valence-electron chi connectivity index (χ2n) is 8.97. The number of hydrogen-bond donors (Lipinski definition) is 2. The molecule has 5 heteroatoms. The van der Waals surface area contributed by atoms with E-state index in [1.165, 1.54) is 19.3 Å². The zero-order valence-corrected chi connectivity index (χ0v) is 17.0. The molecule has 3 atom stereocenters. The van der Waals surface area contributed by atoms with Crippen LogP contribution in [0, 0.1) is 24.7 Å². The van der Waals surface area contributed by atoms with Crippen LogP contribution in [0.1, 0.15) is 56.1 Å². The lowest BCUT2D eigenvalue weighted by atomic mass is 9.65. The smallest absolute Gasteiger partial charge is 0.223 e. The number of carbonyl (C=O) groups is 1. The van der Waals surface area contributed by atoms with Crippen LogP contribution in [0.4, 0.5) is 0 Å². The van der Waals surface area contributed by atoms with Crippen molar-refractivity contribution < 1.29 is 14.3 Å². The van der Waals surface area contributed by atoms with Gasteiger partial charge >= 0.3 is 0 Å². The Hall–Kier alpha value is -1.59. The van der Waals surface area contributed by atoms with Crippen molar-refractivity contribution in [2.75, 3.05) is 13.2 Å². The second-order valence-corrected chi connectivity index (χ2v) is 8.97. The maximum Gasteiger partial charge on any atom is 0.223 e. The van der Waals surface area contributed by atoms with E-state index < -0.39 is 0 Å². The number of carbonyl (C=O) groups excluding carboxylic acids is 1. The molecule has 1 saturated heterocycles. The number of hydrogen-bond acceptors (Lipinski definition) is 4. The van der Waals surface area contributed by atoms with Crippen LogP contribution >= 0.6 is 0 Å². The molecule has 5 nitrogen and oxygen atoms in total. The number of benzene rings is 1. The van der Waals surface area contributed by atoms with Crippen LogP contribution in [0.2, 0.25) is 0 Å². The van der Waals surface area contributed by atoms with E-state index in [1.807, 2.05) is 0 Å². The molecule has 3 unspecified atom stereocenters. The van der Waals surface area contributed by atoms with Gasteiger partial charge in [0.05, 0.1) is 6.10 Å². The number of ether oxygens (including phenoxy) is 2. The first-order valence-electron chi connectivity index (χ1n) is 11.0. The van der Waals surface area contributed by atoms with Gasteiger partial charge < -0.3 is 20.5 Å². The third-order valence-corrected chi connectivity index (χ3v) is 6.91. The molecule has 2 bridgehead atoms. The molecule has 28 heavy (non-hydrogen) atoms. The predicted octanol–water partition coefficient (Wildman–Crippen LogP) is 3.32. The number of aryl methyl sites for hydroxylation is 1. The lowest BCUT2D eigenvalue weighted by Crippen LogP contribution is -2.49. The minimum Gasteiger partial charge on any atom is -0.491 e. The zero-order chi connectivity index (χ0) is 19.5. The summed E-state index contributed by atoms with van der Waals surface area (Å²) >= 11 is 0. The minimum atomic E-state index is 0.108. The third kappa shape index (κ3) is 4.52. The summed E-state index contributed by atoms with van der Waals surface area (Å²) in [4.78, 5) is 12.8. The molecule has 1 aromatic rings. The van der Waals surface area contributed by atoms with Crippen LogP contribution < -0.4 is 15.8 Å². The fourth-order valence-corrected chi connectivity index (χ4v) is 5.23. The molecule has 3 aliphatic rings. The van der Waals surface area contributed by atoms with E-state index >= 15 is 0 Å². The lowest BCUT2D eigenvalue weighted by molar-refractivity contribution is -0.128. The van der Waals surface area contributed by atoms with Gasteiger partial charge in [-0.25, -0.2) is 0 Å². The molecule has 1 aliphatic heterocycles. The summed E-state index contributed by atoms with van der Waals surface area (Å²) in [6, 6.07) is 6.49. The van der Waals surface area contributed by atoms with E-state index in [1.54, 1.807) is 0 Å². The first-order chi connectivity index (χ1) is 13.6. The second kappa shape index (κ2) is 8.83. The SMILES string of the molecule is Cc1ccc(CNC(=O)C2CC3CCCC(C2)C3N)c(OCC2CCCO2)c1. The van der Waals surface area contributed by atoms with Gasteiger partial charge in [0.25, 0.3) is 0 Å². The zero-order valence-electron chi connectivity index (χ0n) is 17.0. The van der Waals surface area contributed by atoms with Crippen molar-refractivity contribution in [2.24, 2.45) is 23.5 Å². The standard InChI is InChI=1S/C23H34N2O3/c1-15-7-8-18(21(10-15)28-14-20-6-3-9-27-20)13-25-23(26)19-11-16-4-2-5-17(12-19)22(16)24/h7-8,10,16-17,19-20,22H,2-6,9,11-14,24H2,1H3,(H,25,26). The maximum absolute atomic E-state index is 12.8. The maximum atomic E-state index is 12.8. The average Bonchev–Trinajstić information content (AvgIpc) is 3.18. The summed E-state index contributed by atoms with van der Waals surface area (Å²) in [5.41, 5.74) is 8.56. The molecule has 3 fully saturated rings. The normalized spacial score (nSPS) is 32.1. The minimum absolute atomic E-state index is 0.108. The summed E-state index contributed by atoms with van der Waals surface area (Å²) in [5.74, 6) is 2.19. The Labute approximate surface area is 168 Å². The Kier molecular flexibility index (Phi) is 6.22. The topological polar surface area (TPSA) is 73.6 Å². The van der Waals surface area contributed by atoms with Crippen LogP contribution in [-0.4, -0.2) is 31.3 Å². The van der Waals surface area contributed by atoms with E-state index in [0.29, 0.717) is 31.0 Å². The number of fused-ring (bicyclic) bond motifs is 2. The Morgan fingerprint density at radius 1 is 1.21 bits per heavy atom. The Balaban J connectivity index is 1.34. The highest BCUT2D eigenvalue weighted by Gasteiger charge is 2.40. The third-order valence-electron chi connectivity index (χ3n) is 6.91. The summed E-state index contributed by atoms with van der Waals surface area (Å²) in [6.45, 7) is 3.98. The summed E-state index contributed by atoms with van der Waals surface area (Å²) < 4.78 is 11.7. The highest BCUT2D eigenvalue weighted by molar-refractivity contribution is 5.78. The molecule has 1 amide bonds. The number of rotatable bonds is 6. The van der Waals surface area contributed by atoms with Gasteiger partial charge in [0.15, 0.2) is 0 Å². The first kappa shape index (κ1) is 19.7. The van der Waals surface area contributed by atoms with Crippen LogP contribution in [0.3, 0.4) is 0 Å². The molecule has 154 valence electrons. The van der Waals surface area contributed by atoms with Crippen molar-refractivity contribution in [3.05, 3.63) is 29.3 Å². The lowest BCUT2D eigenvalue weighted by Gasteiger charge is -2.43. The Morgan fingerprint density at radius 2 is 2.00 bits per heavy atom. The predicted molar refractivity (Wildman–Crippen MR) is 109 cm³/mol. The monoisotopic (exact) mass is 386 g/mol. The summed E-state index contributed by atoms with van der Waals surface area (Å²) in [7, 11) is 0. The molecule has 2 aliphatic carbocycles. The molecule has 0 aromatic heterocycles. The highest BCUT2D eigenvalue weighted by Crippen LogP contribution is 2.41. The Bertz CT molecular complexity index is 672. The van der Waals surface area contributed by atoms with Gasteiger partial charge in [-0.1, -0.05) is 18.6 Å². The van der Waals surface area contributed by atoms with Crippen LogP contribution in [0.5, 0.6) is 5.75 Å². The fourth-order valence-electron chi connectivity index (χ4n) is 5.23. The van der Waals surface area contributed by atoms with E-state index in [4.69, 9.17) is 15.2 Å². The summed E-state index contributed by atoms with van der Waals surface area (Å²) in [6.07, 6.45) is 7.88. The van der Waals surface area contributed by atoms with Gasteiger partial charge in [0.2, 0.25) is 5.91 Å². The fraction of sp³-hybridized carbons (Fsp3) is 0.696. The molecule has 0 spiro atoms. The van der Waals surface area contributed by atoms with Crippen molar-refractivity contribution in [1.82, 2.24) is 5.32 Å². The van der Waals surface area contributed by atoms with E-state index in [-0.39, 0.29) is 17.9 Å². The van der Waals surface area contributed by atoms with Gasteiger partial charge in [-0.2, -0.15) is 0 Å². The van der Waals surface area contributed by atoms with Gasteiger partial charge in [-0.05, 0) is 68.9 Å². The molecule has 1 heterocycles. The van der Waals surface area contributed by atoms with Crippen molar-refractivity contribution >= 4 is 5.91 Å². The van der Waals surface area contributed by atoms with Crippen LogP contribution in [0.25, 0.3) is 0 Å². The first-order valence-corrected chi connectivity index (χ1v) is 11.0. The van der Waals surface area contributed by atoms with Crippen molar-refractivity contribution in [3.8, 4) is 5.75 Å². The van der Waals surface area contributed by atoms with Gasteiger partial charge in [0.1, 0.15) is 12.4 Å². The molecular formula is C23H34N2O3. The van der Waals surface area contributed by atoms with Crippen molar-refractivity contribution in [2.45, 2.75) is 70.6 Å². The largest absolute Gasteiger partial charge is 0.491 e. The average molecular weight is 387 g/mol. The van der Waals surface area contributed by atoms with E-state index in [2.05, 4.69) is 30.4 Å².